The summed E-state index contributed by atoms with van der Waals surface area (Å²) in [5, 5.41) is 2.32. The van der Waals surface area contributed by atoms with E-state index in [2.05, 4.69) is 112 Å². The predicted octanol–water partition coefficient (Wildman–Crippen LogP) is 9.91. The smallest absolute Gasteiger partial charge is 0.164 e. The molecule has 0 atom stereocenters. The fourth-order valence-electron chi connectivity index (χ4n) is 6.51. The van der Waals surface area contributed by atoms with E-state index in [9.17, 15) is 0 Å². The van der Waals surface area contributed by atoms with E-state index in [-0.39, 0.29) is 0 Å². The Labute approximate surface area is 265 Å². The SMILES string of the molecule is c1ccc(-c2nc(-c3ccccc3)nc(-c3ccc4c(c3)c3c(c5ccccc5n3-c3ccccc3)n4-c3ccccc3)n2)cc1. The molecule has 3 aromatic heterocycles. The number of para-hydroxylation sites is 3. The Balaban J connectivity index is 1.37. The number of benzene rings is 6. The van der Waals surface area contributed by atoms with Crippen LogP contribution in [0.4, 0.5) is 0 Å². The van der Waals surface area contributed by atoms with Crippen molar-refractivity contribution >= 4 is 32.8 Å². The molecule has 0 aliphatic heterocycles. The van der Waals surface area contributed by atoms with Crippen LogP contribution >= 0.6 is 0 Å². The maximum atomic E-state index is 5.04. The molecular formula is C41H27N5. The van der Waals surface area contributed by atoms with Crippen LogP contribution in [0.1, 0.15) is 0 Å². The average molecular weight is 590 g/mol. The zero-order valence-electron chi connectivity index (χ0n) is 24.8. The van der Waals surface area contributed by atoms with Gasteiger partial charge in [0.2, 0.25) is 0 Å². The van der Waals surface area contributed by atoms with E-state index in [4.69, 9.17) is 15.0 Å². The van der Waals surface area contributed by atoms with Crippen molar-refractivity contribution in [3.8, 4) is 45.5 Å². The van der Waals surface area contributed by atoms with Gasteiger partial charge in [0.1, 0.15) is 0 Å². The summed E-state index contributed by atoms with van der Waals surface area (Å²) in [6.45, 7) is 0. The van der Waals surface area contributed by atoms with Gasteiger partial charge in [-0.05, 0) is 48.5 Å². The molecule has 0 radical (unpaired) electrons. The third-order valence-corrected chi connectivity index (χ3v) is 8.55. The first kappa shape index (κ1) is 26.1. The first-order valence-corrected chi connectivity index (χ1v) is 15.4. The van der Waals surface area contributed by atoms with Crippen molar-refractivity contribution in [3.63, 3.8) is 0 Å². The van der Waals surface area contributed by atoms with Crippen LogP contribution < -0.4 is 0 Å². The highest BCUT2D eigenvalue weighted by molar-refractivity contribution is 6.20. The van der Waals surface area contributed by atoms with E-state index in [1.165, 1.54) is 10.9 Å². The summed E-state index contributed by atoms with van der Waals surface area (Å²) in [7, 11) is 0. The van der Waals surface area contributed by atoms with Crippen molar-refractivity contribution in [3.05, 3.63) is 164 Å². The molecule has 9 aromatic rings. The Morgan fingerprint density at radius 2 is 0.739 bits per heavy atom. The summed E-state index contributed by atoms with van der Waals surface area (Å²) >= 11 is 0. The van der Waals surface area contributed by atoms with Crippen molar-refractivity contribution < 1.29 is 0 Å². The molecule has 0 saturated heterocycles. The van der Waals surface area contributed by atoms with Gasteiger partial charge in [-0.1, -0.05) is 115 Å². The molecule has 0 spiro atoms. The highest BCUT2D eigenvalue weighted by Crippen LogP contribution is 2.41. The monoisotopic (exact) mass is 589 g/mol. The lowest BCUT2D eigenvalue weighted by Gasteiger charge is -2.11. The molecule has 5 heteroatoms. The summed E-state index contributed by atoms with van der Waals surface area (Å²) in [5.41, 5.74) is 9.66. The van der Waals surface area contributed by atoms with Crippen LogP contribution in [0.2, 0.25) is 0 Å². The van der Waals surface area contributed by atoms with Gasteiger partial charge in [0.25, 0.3) is 0 Å². The average Bonchev–Trinajstić information content (AvgIpc) is 3.65. The van der Waals surface area contributed by atoms with Gasteiger partial charge in [0, 0.05) is 38.8 Å². The molecule has 0 saturated carbocycles. The predicted molar refractivity (Wildman–Crippen MR) is 187 cm³/mol. The maximum Gasteiger partial charge on any atom is 0.164 e. The van der Waals surface area contributed by atoms with Crippen LogP contribution in [-0.2, 0) is 0 Å². The summed E-state index contributed by atoms with van der Waals surface area (Å²) in [6, 6.07) is 56.7. The van der Waals surface area contributed by atoms with Gasteiger partial charge < -0.3 is 9.13 Å². The van der Waals surface area contributed by atoms with E-state index in [1.807, 2.05) is 60.7 Å². The van der Waals surface area contributed by atoms with Gasteiger partial charge in [-0.15, -0.1) is 0 Å². The van der Waals surface area contributed by atoms with Crippen molar-refractivity contribution in [2.45, 2.75) is 0 Å². The van der Waals surface area contributed by atoms with E-state index in [0.717, 1.165) is 50.0 Å². The van der Waals surface area contributed by atoms with E-state index >= 15 is 0 Å². The van der Waals surface area contributed by atoms with E-state index < -0.39 is 0 Å². The van der Waals surface area contributed by atoms with Crippen molar-refractivity contribution in [2.75, 3.05) is 0 Å². The molecule has 9 rings (SSSR count). The molecule has 6 aromatic carbocycles. The standard InChI is InChI=1S/C41H27N5/c1-5-15-28(16-6-1)39-42-40(29-17-7-2-8-18-29)44-41(43-39)30-25-26-36-34(27-30)38-37(46(36)32-21-11-4-12-22-32)33-23-13-14-24-35(33)45(38)31-19-9-3-10-20-31/h1-27H. The molecule has 0 N–H and O–H groups in total. The topological polar surface area (TPSA) is 48.5 Å². The third kappa shape index (κ3) is 4.21. The zero-order valence-corrected chi connectivity index (χ0v) is 24.8. The maximum absolute atomic E-state index is 5.04. The summed E-state index contributed by atoms with van der Waals surface area (Å²) in [5.74, 6) is 1.93. The van der Waals surface area contributed by atoms with Gasteiger partial charge in [0.05, 0.1) is 22.1 Å². The lowest BCUT2D eigenvalue weighted by atomic mass is 10.1. The molecule has 0 aliphatic carbocycles. The highest BCUT2D eigenvalue weighted by atomic mass is 15.1. The van der Waals surface area contributed by atoms with Gasteiger partial charge in [-0.3, -0.25) is 0 Å². The quantitative estimate of drug-likeness (QED) is 0.201. The first-order chi connectivity index (χ1) is 22.8. The Morgan fingerprint density at radius 1 is 0.326 bits per heavy atom. The van der Waals surface area contributed by atoms with Crippen LogP contribution in [0.25, 0.3) is 78.4 Å². The Kier molecular flexibility index (Phi) is 6.06. The Hall–Kier alpha value is -6.33. The second-order valence-electron chi connectivity index (χ2n) is 11.3. The first-order valence-electron chi connectivity index (χ1n) is 15.4. The summed E-state index contributed by atoms with van der Waals surface area (Å²) in [6.07, 6.45) is 0. The fraction of sp³-hybridized carbons (Fsp3) is 0. The van der Waals surface area contributed by atoms with Gasteiger partial charge in [0.15, 0.2) is 17.5 Å². The summed E-state index contributed by atoms with van der Waals surface area (Å²) < 4.78 is 4.77. The zero-order chi connectivity index (χ0) is 30.5. The van der Waals surface area contributed by atoms with Crippen LogP contribution in [0, 0.1) is 0 Å². The molecule has 0 aliphatic rings. The number of aromatic nitrogens is 5. The van der Waals surface area contributed by atoms with Gasteiger partial charge in [-0.25, -0.2) is 15.0 Å². The second kappa shape index (κ2) is 10.7. The lowest BCUT2D eigenvalue weighted by Crippen LogP contribution is -2.00. The van der Waals surface area contributed by atoms with Gasteiger partial charge >= 0.3 is 0 Å². The molecule has 0 fully saturated rings. The van der Waals surface area contributed by atoms with E-state index in [1.54, 1.807) is 0 Å². The summed E-state index contributed by atoms with van der Waals surface area (Å²) in [4.78, 5) is 15.0. The fourth-order valence-corrected chi connectivity index (χ4v) is 6.51. The molecule has 5 nitrogen and oxygen atoms in total. The molecule has 0 bridgehead atoms. The van der Waals surface area contributed by atoms with Crippen molar-refractivity contribution in [2.24, 2.45) is 0 Å². The molecule has 216 valence electrons. The molecule has 46 heavy (non-hydrogen) atoms. The molecule has 0 amide bonds. The number of nitrogens with zero attached hydrogens (tertiary/aromatic N) is 5. The second-order valence-corrected chi connectivity index (χ2v) is 11.3. The highest BCUT2D eigenvalue weighted by Gasteiger charge is 2.23. The molecule has 3 heterocycles. The normalized spacial score (nSPS) is 11.5. The van der Waals surface area contributed by atoms with Crippen molar-refractivity contribution in [1.29, 1.82) is 0 Å². The number of rotatable bonds is 5. The van der Waals surface area contributed by atoms with Crippen LogP contribution in [0.15, 0.2) is 164 Å². The van der Waals surface area contributed by atoms with Crippen molar-refractivity contribution in [1.82, 2.24) is 24.1 Å². The third-order valence-electron chi connectivity index (χ3n) is 8.55. The van der Waals surface area contributed by atoms with Crippen LogP contribution in [0.5, 0.6) is 0 Å². The Morgan fingerprint density at radius 3 is 1.28 bits per heavy atom. The van der Waals surface area contributed by atoms with Crippen LogP contribution in [-0.4, -0.2) is 24.1 Å². The number of fused-ring (bicyclic) bond motifs is 5. The van der Waals surface area contributed by atoms with Gasteiger partial charge in [-0.2, -0.15) is 0 Å². The van der Waals surface area contributed by atoms with E-state index in [0.29, 0.717) is 17.5 Å². The minimum absolute atomic E-state index is 0.637. The number of hydrogen-bond donors (Lipinski definition) is 0. The number of hydrogen-bond acceptors (Lipinski definition) is 3. The minimum Gasteiger partial charge on any atom is -0.307 e. The van der Waals surface area contributed by atoms with Crippen LogP contribution in [0.3, 0.4) is 0 Å². The molecule has 0 unspecified atom stereocenters. The molecular weight excluding hydrogens is 562 g/mol. The largest absolute Gasteiger partial charge is 0.307 e. The minimum atomic E-state index is 0.637. The Bertz CT molecular complexity index is 2400. The lowest BCUT2D eigenvalue weighted by molar-refractivity contribution is 1.07.